The lowest BCUT2D eigenvalue weighted by atomic mass is 10.0. The Morgan fingerprint density at radius 3 is 1.05 bits per heavy atom. The van der Waals surface area contributed by atoms with Crippen LogP contribution in [0.15, 0.2) is 109 Å². The first-order chi connectivity index (χ1) is 38.0. The van der Waals surface area contributed by atoms with Gasteiger partial charge in [0.2, 0.25) is 0 Å². The molecule has 0 heterocycles. The van der Waals surface area contributed by atoms with Crippen molar-refractivity contribution in [3.05, 3.63) is 109 Å². The van der Waals surface area contributed by atoms with Crippen molar-refractivity contribution in [2.75, 3.05) is 47.5 Å². The van der Waals surface area contributed by atoms with E-state index in [0.717, 1.165) is 89.9 Å². The second kappa shape index (κ2) is 58.3. The first kappa shape index (κ1) is 74.7. The lowest BCUT2D eigenvalue weighted by Gasteiger charge is -2.24. The van der Waals surface area contributed by atoms with Gasteiger partial charge in [0.05, 0.1) is 27.7 Å². The van der Waals surface area contributed by atoms with Crippen LogP contribution in [0.4, 0.5) is 0 Å². The van der Waals surface area contributed by atoms with Crippen LogP contribution in [0.25, 0.3) is 0 Å². The number of likely N-dealkylation sites (N-methyl/N-ethyl adjacent to an activating group) is 1. The van der Waals surface area contributed by atoms with Crippen LogP contribution in [0, 0.1) is 0 Å². The van der Waals surface area contributed by atoms with Gasteiger partial charge in [-0.25, -0.2) is 4.57 Å². The van der Waals surface area contributed by atoms with E-state index in [2.05, 4.69) is 123 Å². The molecule has 0 amide bonds. The largest absolute Gasteiger partial charge is 0.472 e. The molecular weight excluding hydrogens is 990 g/mol. The van der Waals surface area contributed by atoms with Crippen LogP contribution in [-0.4, -0.2) is 74.9 Å². The molecule has 1 N–H and O–H groups in total. The van der Waals surface area contributed by atoms with Crippen molar-refractivity contribution < 1.29 is 42.1 Å². The van der Waals surface area contributed by atoms with Gasteiger partial charge in [0.25, 0.3) is 0 Å². The van der Waals surface area contributed by atoms with E-state index in [1.54, 1.807) is 0 Å². The maximum atomic E-state index is 12.8. The summed E-state index contributed by atoms with van der Waals surface area (Å²) in [6.45, 7) is 4.16. The monoisotopic (exact) mass is 1110 g/mol. The summed E-state index contributed by atoms with van der Waals surface area (Å²) >= 11 is 0. The zero-order valence-corrected chi connectivity index (χ0v) is 51.8. The van der Waals surface area contributed by atoms with Gasteiger partial charge in [-0.3, -0.25) is 18.6 Å². The van der Waals surface area contributed by atoms with E-state index in [9.17, 15) is 19.0 Å². The number of carbonyl (C=O) groups is 2. The molecule has 0 aromatic heterocycles. The summed E-state index contributed by atoms with van der Waals surface area (Å²) in [4.78, 5) is 35.6. The fourth-order valence-electron chi connectivity index (χ4n) is 8.51. The SMILES string of the molecule is CC/C=C\C/C=C\C/C=C\C/C=C\C/C=C\CCCCCCCCCCCCCCCCCCCCCCCCCC(=O)OC(COC(=O)CCCC/C=C\C/C=C\C/C=C\C/C=C\CC)COP(=O)(O)OCC[N+](C)(C)C. The highest BCUT2D eigenvalue weighted by Gasteiger charge is 2.27. The molecule has 2 atom stereocenters. The zero-order valence-electron chi connectivity index (χ0n) is 50.9. The maximum absolute atomic E-state index is 12.8. The zero-order chi connectivity index (χ0) is 57.0. The molecule has 0 aliphatic heterocycles. The third-order valence-corrected chi connectivity index (χ3v) is 14.3. The number of nitrogens with zero attached hydrogens (tertiary/aromatic N) is 1. The minimum Gasteiger partial charge on any atom is -0.462 e. The van der Waals surface area contributed by atoms with Gasteiger partial charge in [-0.15, -0.1) is 0 Å². The second-order valence-corrected chi connectivity index (χ2v) is 23.5. The van der Waals surface area contributed by atoms with Gasteiger partial charge in [-0.05, 0) is 96.3 Å². The molecule has 0 aromatic rings. The standard InChI is InChI=1S/C68H118NO8P/c1-6-8-10-12-14-16-18-20-22-23-24-25-26-27-28-29-30-31-32-33-34-35-36-37-38-39-40-41-42-43-44-45-47-49-51-53-55-57-59-61-68(71)77-66(65-76-78(72,73)75-63-62-69(3,4)5)64-74-67(70)60-58-56-54-52-50-48-46-21-19-17-15-13-11-9-7-2/h8-11,14-17,20-22,24-25,27-28,46,50,52,66H,6-7,12-13,18-19,23,26,29-45,47-49,51,53-65H2,1-5H3/p+1/b10-8-,11-9-,16-14-,17-15-,22-20-,25-24-,28-27-,46-21-,52-50-. The van der Waals surface area contributed by atoms with Gasteiger partial charge in [0, 0.05) is 12.8 Å². The molecule has 0 aliphatic rings. The highest BCUT2D eigenvalue weighted by molar-refractivity contribution is 7.47. The molecule has 0 rings (SSSR count). The average molecular weight is 1110 g/mol. The molecule has 0 spiro atoms. The first-order valence-corrected chi connectivity index (χ1v) is 33.1. The minimum atomic E-state index is -4.40. The van der Waals surface area contributed by atoms with Crippen LogP contribution in [0.2, 0.25) is 0 Å². The third-order valence-electron chi connectivity index (χ3n) is 13.3. The Kier molecular flexibility index (Phi) is 55.8. The van der Waals surface area contributed by atoms with Crippen LogP contribution in [0.5, 0.6) is 0 Å². The number of phosphoric acid groups is 1. The number of ether oxygens (including phenoxy) is 2. The summed E-state index contributed by atoms with van der Waals surface area (Å²) < 4.78 is 34.5. The van der Waals surface area contributed by atoms with Crippen molar-refractivity contribution in [1.82, 2.24) is 0 Å². The van der Waals surface area contributed by atoms with Crippen molar-refractivity contribution in [3.8, 4) is 0 Å². The van der Waals surface area contributed by atoms with Gasteiger partial charge < -0.3 is 18.9 Å². The molecule has 10 heteroatoms. The summed E-state index contributed by atoms with van der Waals surface area (Å²) in [5.41, 5.74) is 0. The molecule has 9 nitrogen and oxygen atoms in total. The van der Waals surface area contributed by atoms with E-state index in [-0.39, 0.29) is 26.1 Å². The summed E-state index contributed by atoms with van der Waals surface area (Å²) in [5.74, 6) is -0.844. The topological polar surface area (TPSA) is 108 Å². The van der Waals surface area contributed by atoms with Crippen molar-refractivity contribution in [1.29, 1.82) is 0 Å². The fraction of sp³-hybridized carbons (Fsp3) is 0.706. The first-order valence-electron chi connectivity index (χ1n) is 31.6. The van der Waals surface area contributed by atoms with Crippen molar-refractivity contribution >= 4 is 19.8 Å². The number of rotatable bonds is 57. The van der Waals surface area contributed by atoms with Gasteiger partial charge in [0.15, 0.2) is 6.10 Å². The molecule has 0 bridgehead atoms. The van der Waals surface area contributed by atoms with Crippen LogP contribution >= 0.6 is 7.82 Å². The summed E-state index contributed by atoms with van der Waals surface area (Å²) in [7, 11) is 1.45. The molecule has 0 saturated heterocycles. The Morgan fingerprint density at radius 1 is 0.397 bits per heavy atom. The van der Waals surface area contributed by atoms with Crippen LogP contribution in [0.1, 0.15) is 258 Å². The Hall–Kier alpha value is -3.33. The van der Waals surface area contributed by atoms with E-state index < -0.39 is 32.5 Å². The molecule has 2 unspecified atom stereocenters. The number of carbonyl (C=O) groups excluding carboxylic acids is 2. The lowest BCUT2D eigenvalue weighted by molar-refractivity contribution is -0.870. The normalized spacial score (nSPS) is 14.0. The summed E-state index contributed by atoms with van der Waals surface area (Å²) in [6.07, 6.45) is 82.0. The van der Waals surface area contributed by atoms with E-state index >= 15 is 0 Å². The molecule has 0 radical (unpaired) electrons. The van der Waals surface area contributed by atoms with E-state index in [1.807, 2.05) is 21.1 Å². The predicted octanol–water partition coefficient (Wildman–Crippen LogP) is 20.2. The second-order valence-electron chi connectivity index (χ2n) is 22.0. The highest BCUT2D eigenvalue weighted by Crippen LogP contribution is 2.43. The number of phosphoric ester groups is 1. The number of quaternary nitrogens is 1. The Labute approximate surface area is 480 Å². The number of allylic oxidation sites excluding steroid dienone is 18. The quantitative estimate of drug-likeness (QED) is 0.0211. The number of unbranched alkanes of at least 4 members (excludes halogenated alkanes) is 25. The maximum Gasteiger partial charge on any atom is 0.472 e. The average Bonchev–Trinajstić information content (AvgIpc) is 3.41. The van der Waals surface area contributed by atoms with Crippen LogP contribution in [0.3, 0.4) is 0 Å². The predicted molar refractivity (Wildman–Crippen MR) is 335 cm³/mol. The number of esters is 2. The van der Waals surface area contributed by atoms with Gasteiger partial charge in [0.1, 0.15) is 19.8 Å². The van der Waals surface area contributed by atoms with Gasteiger partial charge in [-0.2, -0.15) is 0 Å². The van der Waals surface area contributed by atoms with Crippen molar-refractivity contribution in [3.63, 3.8) is 0 Å². The van der Waals surface area contributed by atoms with Crippen LogP contribution in [-0.2, 0) is 32.7 Å². The fourth-order valence-corrected chi connectivity index (χ4v) is 9.25. The Balaban J connectivity index is 3.96. The van der Waals surface area contributed by atoms with E-state index in [0.29, 0.717) is 23.9 Å². The van der Waals surface area contributed by atoms with Crippen molar-refractivity contribution in [2.45, 2.75) is 264 Å². The molecule has 0 saturated carbocycles. The Morgan fingerprint density at radius 2 is 0.692 bits per heavy atom. The third kappa shape index (κ3) is 61.9. The van der Waals surface area contributed by atoms with Gasteiger partial charge in [-0.1, -0.05) is 258 Å². The molecule has 0 fully saturated rings. The van der Waals surface area contributed by atoms with Crippen molar-refractivity contribution in [2.24, 2.45) is 0 Å². The summed E-state index contributed by atoms with van der Waals surface area (Å²) in [6, 6.07) is 0. The molecule has 0 aromatic carbocycles. The van der Waals surface area contributed by atoms with Crippen LogP contribution < -0.4 is 0 Å². The summed E-state index contributed by atoms with van der Waals surface area (Å²) in [5, 5.41) is 0. The molecular formula is C68H119NO8P+. The number of hydrogen-bond donors (Lipinski definition) is 1. The molecule has 448 valence electrons. The Bertz CT molecular complexity index is 1680. The smallest absolute Gasteiger partial charge is 0.462 e. The molecule has 78 heavy (non-hydrogen) atoms. The lowest BCUT2D eigenvalue weighted by Crippen LogP contribution is -2.37. The van der Waals surface area contributed by atoms with E-state index in [4.69, 9.17) is 18.5 Å². The highest BCUT2D eigenvalue weighted by atomic mass is 31.2. The van der Waals surface area contributed by atoms with Gasteiger partial charge >= 0.3 is 19.8 Å². The number of hydrogen-bond acceptors (Lipinski definition) is 7. The molecule has 0 aliphatic carbocycles. The minimum absolute atomic E-state index is 0.0221. The van der Waals surface area contributed by atoms with E-state index in [1.165, 1.54) is 128 Å².